The molecule has 0 bridgehead atoms. The van der Waals surface area contributed by atoms with Crippen LogP contribution in [0.1, 0.15) is 18.5 Å². The second kappa shape index (κ2) is 4.85. The van der Waals surface area contributed by atoms with Gasteiger partial charge in [0.2, 0.25) is 0 Å². The van der Waals surface area contributed by atoms with Crippen LogP contribution in [0.3, 0.4) is 0 Å². The molecule has 0 aliphatic carbocycles. The number of nitrogens with one attached hydrogen (secondary N) is 1. The number of nitrogens with zero attached hydrogens (tertiary/aromatic N) is 2. The third-order valence-electron chi connectivity index (χ3n) is 3.06. The van der Waals surface area contributed by atoms with Gasteiger partial charge in [-0.3, -0.25) is 0 Å². The van der Waals surface area contributed by atoms with Gasteiger partial charge in [0.25, 0.3) is 0 Å². The Morgan fingerprint density at radius 1 is 1.26 bits per heavy atom. The van der Waals surface area contributed by atoms with Gasteiger partial charge in [-0.05, 0) is 47.5 Å². The highest BCUT2D eigenvalue weighted by atomic mass is 32.1. The van der Waals surface area contributed by atoms with Crippen molar-refractivity contribution in [1.82, 2.24) is 9.97 Å². The third-order valence-corrected chi connectivity index (χ3v) is 3.76. The first-order valence-corrected chi connectivity index (χ1v) is 6.97. The van der Waals surface area contributed by atoms with E-state index in [0.717, 1.165) is 16.7 Å². The highest BCUT2D eigenvalue weighted by Gasteiger charge is 2.09. The molecule has 3 N–H and O–H groups in total. The lowest BCUT2D eigenvalue weighted by Gasteiger charge is -2.14. The van der Waals surface area contributed by atoms with E-state index in [1.54, 1.807) is 17.7 Å². The molecule has 2 aromatic heterocycles. The Kier molecular flexibility index (Phi) is 3.05. The van der Waals surface area contributed by atoms with Gasteiger partial charge in [0.05, 0.1) is 11.6 Å². The molecule has 0 saturated heterocycles. The molecular formula is C14H14N4S. The monoisotopic (exact) mass is 270 g/mol. The van der Waals surface area contributed by atoms with Gasteiger partial charge in [0.1, 0.15) is 12.1 Å². The number of anilines is 2. The predicted molar refractivity (Wildman–Crippen MR) is 80.3 cm³/mol. The van der Waals surface area contributed by atoms with Gasteiger partial charge in [0.15, 0.2) is 0 Å². The first-order chi connectivity index (χ1) is 9.24. The van der Waals surface area contributed by atoms with Crippen molar-refractivity contribution >= 4 is 33.7 Å². The van der Waals surface area contributed by atoms with E-state index < -0.39 is 0 Å². The molecular weight excluding hydrogens is 256 g/mol. The predicted octanol–water partition coefficient (Wildman–Crippen LogP) is 3.45. The molecule has 0 aliphatic heterocycles. The molecule has 3 aromatic rings. The number of aromatic nitrogens is 2. The van der Waals surface area contributed by atoms with Gasteiger partial charge >= 0.3 is 0 Å². The number of hydrogen-bond donors (Lipinski definition) is 2. The molecule has 4 nitrogen and oxygen atoms in total. The van der Waals surface area contributed by atoms with Crippen molar-refractivity contribution in [2.45, 2.75) is 13.0 Å². The Hall–Kier alpha value is -2.14. The van der Waals surface area contributed by atoms with E-state index in [1.165, 1.54) is 5.56 Å². The average molecular weight is 270 g/mol. The molecule has 1 atom stereocenters. The van der Waals surface area contributed by atoms with E-state index in [0.29, 0.717) is 5.69 Å². The largest absolute Gasteiger partial charge is 0.399 e. The number of benzene rings is 1. The van der Waals surface area contributed by atoms with E-state index in [1.807, 2.05) is 18.2 Å². The van der Waals surface area contributed by atoms with Crippen LogP contribution in [0.5, 0.6) is 0 Å². The molecule has 0 radical (unpaired) electrons. The van der Waals surface area contributed by atoms with Crippen LogP contribution in [-0.4, -0.2) is 9.97 Å². The summed E-state index contributed by atoms with van der Waals surface area (Å²) in [6.45, 7) is 2.12. The number of hydrogen-bond acceptors (Lipinski definition) is 5. The van der Waals surface area contributed by atoms with Crippen LogP contribution in [-0.2, 0) is 0 Å². The summed E-state index contributed by atoms with van der Waals surface area (Å²) in [5, 5.41) is 8.62. The van der Waals surface area contributed by atoms with Crippen LogP contribution < -0.4 is 11.1 Å². The lowest BCUT2D eigenvalue weighted by molar-refractivity contribution is 0.881. The van der Waals surface area contributed by atoms with Crippen molar-refractivity contribution in [2.24, 2.45) is 0 Å². The van der Waals surface area contributed by atoms with E-state index in [4.69, 9.17) is 5.73 Å². The summed E-state index contributed by atoms with van der Waals surface area (Å²) in [4.78, 5) is 8.57. The number of fused-ring (bicyclic) bond motifs is 1. The van der Waals surface area contributed by atoms with Crippen molar-refractivity contribution < 1.29 is 0 Å². The molecule has 0 spiro atoms. The summed E-state index contributed by atoms with van der Waals surface area (Å²) in [7, 11) is 0. The van der Waals surface area contributed by atoms with E-state index in [9.17, 15) is 0 Å². The Bertz CT molecular complexity index is 694. The van der Waals surface area contributed by atoms with Crippen LogP contribution in [0.2, 0.25) is 0 Å². The Morgan fingerprint density at radius 2 is 2.16 bits per heavy atom. The van der Waals surface area contributed by atoms with Gasteiger partial charge in [0, 0.05) is 11.1 Å². The molecule has 1 unspecified atom stereocenters. The topological polar surface area (TPSA) is 63.8 Å². The van der Waals surface area contributed by atoms with Gasteiger partial charge in [-0.2, -0.15) is 11.3 Å². The van der Waals surface area contributed by atoms with Crippen molar-refractivity contribution in [3.63, 3.8) is 0 Å². The maximum absolute atomic E-state index is 5.77. The zero-order chi connectivity index (χ0) is 13.2. The molecule has 1 aromatic carbocycles. The van der Waals surface area contributed by atoms with Gasteiger partial charge in [-0.25, -0.2) is 9.97 Å². The quantitative estimate of drug-likeness (QED) is 0.715. The maximum atomic E-state index is 5.77. The van der Waals surface area contributed by atoms with Crippen LogP contribution >= 0.6 is 11.3 Å². The molecule has 0 aliphatic rings. The summed E-state index contributed by atoms with van der Waals surface area (Å²) >= 11 is 1.69. The lowest BCUT2D eigenvalue weighted by Crippen LogP contribution is -2.07. The summed E-state index contributed by atoms with van der Waals surface area (Å²) in [5.41, 5.74) is 8.60. The summed E-state index contributed by atoms with van der Waals surface area (Å²) in [6.07, 6.45) is 1.56. The normalized spacial score (nSPS) is 12.5. The van der Waals surface area contributed by atoms with Crippen molar-refractivity contribution in [1.29, 1.82) is 0 Å². The third kappa shape index (κ3) is 2.37. The minimum Gasteiger partial charge on any atom is -0.399 e. The second-order valence-electron chi connectivity index (χ2n) is 4.42. The highest BCUT2D eigenvalue weighted by molar-refractivity contribution is 7.08. The average Bonchev–Trinajstić information content (AvgIpc) is 2.92. The van der Waals surface area contributed by atoms with Gasteiger partial charge in [-0.1, -0.05) is 0 Å². The fourth-order valence-corrected chi connectivity index (χ4v) is 2.75. The zero-order valence-corrected chi connectivity index (χ0v) is 11.3. The Labute approximate surface area is 115 Å². The number of thiophene rings is 1. The standard InChI is InChI=1S/C14H14N4S/c1-9(10-4-5-19-7-10)18-14-12-3-2-11(15)6-13(12)16-8-17-14/h2-9H,15H2,1H3,(H,16,17,18). The molecule has 96 valence electrons. The van der Waals surface area contributed by atoms with Gasteiger partial charge < -0.3 is 11.1 Å². The first-order valence-electron chi connectivity index (χ1n) is 6.03. The summed E-state index contributed by atoms with van der Waals surface area (Å²) in [6, 6.07) is 8.00. The van der Waals surface area contributed by atoms with Crippen molar-refractivity contribution in [3.8, 4) is 0 Å². The summed E-state index contributed by atoms with van der Waals surface area (Å²) < 4.78 is 0. The van der Waals surface area contributed by atoms with Crippen molar-refractivity contribution in [2.75, 3.05) is 11.1 Å². The zero-order valence-electron chi connectivity index (χ0n) is 10.5. The number of nitrogens with two attached hydrogens (primary N) is 1. The fourth-order valence-electron chi connectivity index (χ4n) is 2.00. The smallest absolute Gasteiger partial charge is 0.137 e. The molecule has 19 heavy (non-hydrogen) atoms. The molecule has 2 heterocycles. The van der Waals surface area contributed by atoms with E-state index >= 15 is 0 Å². The minimum absolute atomic E-state index is 0.210. The minimum atomic E-state index is 0.210. The fraction of sp³-hybridized carbons (Fsp3) is 0.143. The Balaban J connectivity index is 1.97. The second-order valence-corrected chi connectivity index (χ2v) is 5.20. The Morgan fingerprint density at radius 3 is 2.95 bits per heavy atom. The maximum Gasteiger partial charge on any atom is 0.137 e. The first kappa shape index (κ1) is 11.9. The van der Waals surface area contributed by atoms with Crippen LogP contribution in [0.4, 0.5) is 11.5 Å². The van der Waals surface area contributed by atoms with Crippen molar-refractivity contribution in [3.05, 3.63) is 46.9 Å². The SMILES string of the molecule is CC(Nc1ncnc2cc(N)ccc12)c1ccsc1. The molecule has 0 amide bonds. The van der Waals surface area contributed by atoms with Gasteiger partial charge in [-0.15, -0.1) is 0 Å². The van der Waals surface area contributed by atoms with E-state index in [2.05, 4.69) is 39.0 Å². The highest BCUT2D eigenvalue weighted by Crippen LogP contribution is 2.25. The molecule has 3 rings (SSSR count). The summed E-state index contributed by atoms with van der Waals surface area (Å²) in [5.74, 6) is 0.837. The molecule has 0 saturated carbocycles. The van der Waals surface area contributed by atoms with Crippen LogP contribution in [0, 0.1) is 0 Å². The molecule has 5 heteroatoms. The number of nitrogen functional groups attached to an aromatic ring is 1. The number of rotatable bonds is 3. The van der Waals surface area contributed by atoms with E-state index in [-0.39, 0.29) is 6.04 Å². The molecule has 0 fully saturated rings. The lowest BCUT2D eigenvalue weighted by atomic mass is 10.1. The van der Waals surface area contributed by atoms with Crippen LogP contribution in [0.15, 0.2) is 41.4 Å². The van der Waals surface area contributed by atoms with Crippen LogP contribution in [0.25, 0.3) is 10.9 Å².